The van der Waals surface area contributed by atoms with Crippen LogP contribution in [0.4, 0.5) is 5.69 Å². The van der Waals surface area contributed by atoms with Crippen molar-refractivity contribution in [3.63, 3.8) is 0 Å². The molecule has 0 aliphatic carbocycles. The minimum Gasteiger partial charge on any atom is -0.381 e. The zero-order valence-electron chi connectivity index (χ0n) is 12.7. The van der Waals surface area contributed by atoms with Gasteiger partial charge in [0, 0.05) is 25.3 Å². The van der Waals surface area contributed by atoms with Crippen LogP contribution in [0.2, 0.25) is 0 Å². The standard InChI is InChI=1S/C17H24N2O2/c1-2-3-4-5-11-21-12-7-10-17(20)19-16-9-6-8-15(13-16)14-18/h6,8-9,13H,2-5,7,10-12H2,1H3,(H,19,20). The fraction of sp³-hybridized carbons (Fsp3) is 0.529. The fourth-order valence-corrected chi connectivity index (χ4v) is 1.96. The molecule has 0 saturated carbocycles. The summed E-state index contributed by atoms with van der Waals surface area (Å²) in [7, 11) is 0. The molecular weight excluding hydrogens is 264 g/mol. The number of nitriles is 1. The Bertz CT molecular complexity index is 466. The lowest BCUT2D eigenvalue weighted by atomic mass is 10.2. The Morgan fingerprint density at radius 2 is 2.05 bits per heavy atom. The topological polar surface area (TPSA) is 62.1 Å². The predicted molar refractivity (Wildman–Crippen MR) is 84.0 cm³/mol. The van der Waals surface area contributed by atoms with Crippen LogP contribution in [-0.4, -0.2) is 19.1 Å². The summed E-state index contributed by atoms with van der Waals surface area (Å²) >= 11 is 0. The maximum atomic E-state index is 11.7. The molecule has 1 aromatic carbocycles. The molecule has 0 heterocycles. The van der Waals surface area contributed by atoms with Gasteiger partial charge in [0.25, 0.3) is 0 Å². The predicted octanol–water partition coefficient (Wildman–Crippen LogP) is 3.87. The Hall–Kier alpha value is -1.86. The number of carbonyl (C=O) groups is 1. The second-order valence-corrected chi connectivity index (χ2v) is 5.02. The van der Waals surface area contributed by atoms with Gasteiger partial charge in [-0.25, -0.2) is 0 Å². The van der Waals surface area contributed by atoms with Crippen LogP contribution >= 0.6 is 0 Å². The van der Waals surface area contributed by atoms with E-state index in [9.17, 15) is 4.79 Å². The molecule has 1 amide bonds. The van der Waals surface area contributed by atoms with Gasteiger partial charge in [-0.3, -0.25) is 4.79 Å². The van der Waals surface area contributed by atoms with Gasteiger partial charge in [-0.1, -0.05) is 32.3 Å². The number of anilines is 1. The SMILES string of the molecule is CCCCCCOCCCC(=O)Nc1cccc(C#N)c1. The van der Waals surface area contributed by atoms with Crippen molar-refractivity contribution in [2.45, 2.75) is 45.4 Å². The summed E-state index contributed by atoms with van der Waals surface area (Å²) in [6.45, 7) is 3.59. The van der Waals surface area contributed by atoms with Gasteiger partial charge < -0.3 is 10.1 Å². The van der Waals surface area contributed by atoms with Gasteiger partial charge in [0.15, 0.2) is 0 Å². The van der Waals surface area contributed by atoms with E-state index in [1.54, 1.807) is 24.3 Å². The minimum atomic E-state index is -0.0420. The lowest BCUT2D eigenvalue weighted by Crippen LogP contribution is -2.12. The van der Waals surface area contributed by atoms with E-state index in [1.807, 2.05) is 0 Å². The van der Waals surface area contributed by atoms with E-state index >= 15 is 0 Å². The third kappa shape index (κ3) is 8.11. The molecule has 0 spiro atoms. The quantitative estimate of drug-likeness (QED) is 0.665. The average Bonchev–Trinajstić information content (AvgIpc) is 2.50. The highest BCUT2D eigenvalue weighted by Gasteiger charge is 2.03. The molecule has 0 atom stereocenters. The van der Waals surface area contributed by atoms with E-state index in [0.717, 1.165) is 19.4 Å². The Morgan fingerprint density at radius 1 is 1.24 bits per heavy atom. The molecule has 21 heavy (non-hydrogen) atoms. The highest BCUT2D eigenvalue weighted by atomic mass is 16.5. The van der Waals surface area contributed by atoms with Gasteiger partial charge in [0.2, 0.25) is 5.91 Å². The summed E-state index contributed by atoms with van der Waals surface area (Å²) < 4.78 is 5.49. The third-order valence-corrected chi connectivity index (χ3v) is 3.11. The molecule has 1 rings (SSSR count). The van der Waals surface area contributed by atoms with Crippen LogP contribution in [-0.2, 0) is 9.53 Å². The van der Waals surface area contributed by atoms with E-state index < -0.39 is 0 Å². The minimum absolute atomic E-state index is 0.0420. The number of amides is 1. The number of benzene rings is 1. The van der Waals surface area contributed by atoms with Gasteiger partial charge in [-0.2, -0.15) is 5.26 Å². The maximum absolute atomic E-state index is 11.7. The van der Waals surface area contributed by atoms with Crippen molar-refractivity contribution in [2.24, 2.45) is 0 Å². The molecule has 0 fully saturated rings. The smallest absolute Gasteiger partial charge is 0.224 e. The highest BCUT2D eigenvalue weighted by Crippen LogP contribution is 2.10. The number of ether oxygens (including phenoxy) is 1. The number of nitrogens with one attached hydrogen (secondary N) is 1. The number of nitrogens with zero attached hydrogens (tertiary/aromatic N) is 1. The first-order valence-electron chi connectivity index (χ1n) is 7.64. The second kappa shape index (κ2) is 10.9. The van der Waals surface area contributed by atoms with Gasteiger partial charge in [0.1, 0.15) is 0 Å². The summed E-state index contributed by atoms with van der Waals surface area (Å²) in [5.74, 6) is -0.0420. The van der Waals surface area contributed by atoms with Crippen LogP contribution in [0, 0.1) is 11.3 Å². The van der Waals surface area contributed by atoms with E-state index in [-0.39, 0.29) is 5.91 Å². The van der Waals surface area contributed by atoms with Crippen molar-refractivity contribution < 1.29 is 9.53 Å². The number of carbonyl (C=O) groups excluding carboxylic acids is 1. The Kier molecular flexibility index (Phi) is 8.90. The van der Waals surface area contributed by atoms with Crippen LogP contribution in [0.5, 0.6) is 0 Å². The van der Waals surface area contributed by atoms with Crippen molar-refractivity contribution in [1.29, 1.82) is 5.26 Å². The van der Waals surface area contributed by atoms with E-state index in [4.69, 9.17) is 10.00 Å². The summed E-state index contributed by atoms with van der Waals surface area (Å²) in [4.78, 5) is 11.7. The molecule has 0 bridgehead atoms. The lowest BCUT2D eigenvalue weighted by molar-refractivity contribution is -0.116. The van der Waals surface area contributed by atoms with Gasteiger partial charge in [-0.05, 0) is 31.0 Å². The molecule has 1 aromatic rings. The molecule has 0 unspecified atom stereocenters. The van der Waals surface area contributed by atoms with E-state index in [0.29, 0.717) is 24.3 Å². The molecule has 4 nitrogen and oxygen atoms in total. The number of rotatable bonds is 10. The molecule has 114 valence electrons. The Morgan fingerprint density at radius 3 is 2.81 bits per heavy atom. The normalized spacial score (nSPS) is 10.1. The van der Waals surface area contributed by atoms with Crippen molar-refractivity contribution in [2.75, 3.05) is 18.5 Å². The highest BCUT2D eigenvalue weighted by molar-refractivity contribution is 5.90. The largest absolute Gasteiger partial charge is 0.381 e. The monoisotopic (exact) mass is 288 g/mol. The first-order chi connectivity index (χ1) is 10.3. The summed E-state index contributed by atoms with van der Waals surface area (Å²) in [5.41, 5.74) is 1.21. The van der Waals surface area contributed by atoms with E-state index in [2.05, 4.69) is 18.3 Å². The van der Waals surface area contributed by atoms with Gasteiger partial charge in [0.05, 0.1) is 11.6 Å². The van der Waals surface area contributed by atoms with E-state index in [1.165, 1.54) is 19.3 Å². The Balaban J connectivity index is 2.10. The number of hydrogen-bond acceptors (Lipinski definition) is 3. The molecular formula is C17H24N2O2. The van der Waals surface area contributed by atoms with Crippen molar-refractivity contribution in [3.8, 4) is 6.07 Å². The maximum Gasteiger partial charge on any atom is 0.224 e. The molecule has 0 aliphatic heterocycles. The lowest BCUT2D eigenvalue weighted by Gasteiger charge is -2.06. The van der Waals surface area contributed by atoms with Gasteiger partial charge in [-0.15, -0.1) is 0 Å². The van der Waals surface area contributed by atoms with Crippen LogP contribution in [0.3, 0.4) is 0 Å². The number of hydrogen-bond donors (Lipinski definition) is 1. The molecule has 0 aliphatic rings. The molecule has 1 N–H and O–H groups in total. The summed E-state index contributed by atoms with van der Waals surface area (Å²) in [6.07, 6.45) is 5.96. The average molecular weight is 288 g/mol. The Labute approximate surface area is 127 Å². The van der Waals surface area contributed by atoms with Gasteiger partial charge >= 0.3 is 0 Å². The first kappa shape index (κ1) is 17.2. The van der Waals surface area contributed by atoms with Crippen molar-refractivity contribution in [3.05, 3.63) is 29.8 Å². The number of unbranched alkanes of at least 4 members (excludes halogenated alkanes) is 3. The molecule has 0 saturated heterocycles. The summed E-state index contributed by atoms with van der Waals surface area (Å²) in [6, 6.07) is 8.97. The fourth-order valence-electron chi connectivity index (χ4n) is 1.96. The van der Waals surface area contributed by atoms with Crippen molar-refractivity contribution >= 4 is 11.6 Å². The van der Waals surface area contributed by atoms with Crippen LogP contribution in [0.15, 0.2) is 24.3 Å². The second-order valence-electron chi connectivity index (χ2n) is 5.02. The molecule has 0 aromatic heterocycles. The summed E-state index contributed by atoms with van der Waals surface area (Å²) in [5, 5.41) is 11.6. The molecule has 0 radical (unpaired) electrons. The van der Waals surface area contributed by atoms with Crippen LogP contribution < -0.4 is 5.32 Å². The van der Waals surface area contributed by atoms with Crippen LogP contribution in [0.25, 0.3) is 0 Å². The zero-order valence-corrected chi connectivity index (χ0v) is 12.7. The third-order valence-electron chi connectivity index (χ3n) is 3.11. The molecule has 4 heteroatoms. The van der Waals surface area contributed by atoms with Crippen LogP contribution in [0.1, 0.15) is 51.0 Å². The first-order valence-corrected chi connectivity index (χ1v) is 7.64. The zero-order chi connectivity index (χ0) is 15.3. The van der Waals surface area contributed by atoms with Crippen molar-refractivity contribution in [1.82, 2.24) is 0 Å².